The maximum absolute atomic E-state index is 13.7. The molecule has 26 heavy (non-hydrogen) atoms. The molecule has 1 aliphatic rings. The van der Waals surface area contributed by atoms with Gasteiger partial charge >= 0.3 is 5.97 Å². The van der Waals surface area contributed by atoms with Crippen molar-refractivity contribution in [2.75, 3.05) is 6.54 Å². The molecule has 1 aliphatic heterocycles. The molecular weight excluding hydrogens is 337 g/mol. The standard InChI is InChI=1S/C19H20FN3O3/c1-11-21-16(15-9-13(20)6-7-14(15)19(25)26)10-17(22-11)18-5-3-4-8-23(18)12(2)24/h6-7,9-10,18H,3-5,8H2,1-2H3,(H,25,26). The van der Waals surface area contributed by atoms with E-state index in [1.807, 2.05) is 0 Å². The summed E-state index contributed by atoms with van der Waals surface area (Å²) in [6.07, 6.45) is 2.71. The topological polar surface area (TPSA) is 83.4 Å². The summed E-state index contributed by atoms with van der Waals surface area (Å²) in [6, 6.07) is 5.00. The summed E-state index contributed by atoms with van der Waals surface area (Å²) >= 11 is 0. The number of aromatic carboxylic acids is 1. The van der Waals surface area contributed by atoms with Gasteiger partial charge in [0.2, 0.25) is 5.91 Å². The third-order valence-electron chi connectivity index (χ3n) is 4.59. The quantitative estimate of drug-likeness (QED) is 0.911. The molecule has 3 rings (SSSR count). The lowest BCUT2D eigenvalue weighted by Crippen LogP contribution is -2.37. The molecule has 7 heteroatoms. The number of carboxylic acid groups (broad SMARTS) is 1. The third kappa shape index (κ3) is 3.56. The number of carboxylic acids is 1. The molecule has 1 unspecified atom stereocenters. The maximum atomic E-state index is 13.7. The molecule has 2 aromatic rings. The number of hydrogen-bond acceptors (Lipinski definition) is 4. The van der Waals surface area contributed by atoms with Gasteiger partial charge in [0, 0.05) is 19.0 Å². The second-order valence-corrected chi connectivity index (χ2v) is 6.44. The van der Waals surface area contributed by atoms with Gasteiger partial charge in [-0.15, -0.1) is 0 Å². The Morgan fingerprint density at radius 3 is 2.69 bits per heavy atom. The second-order valence-electron chi connectivity index (χ2n) is 6.44. The van der Waals surface area contributed by atoms with E-state index in [4.69, 9.17) is 0 Å². The first-order valence-corrected chi connectivity index (χ1v) is 8.53. The molecule has 0 saturated carbocycles. The number of halogens is 1. The average Bonchev–Trinajstić information content (AvgIpc) is 2.60. The number of carbonyl (C=O) groups is 2. The fraction of sp³-hybridized carbons (Fsp3) is 0.368. The van der Waals surface area contributed by atoms with E-state index in [1.165, 1.54) is 19.1 Å². The van der Waals surface area contributed by atoms with E-state index in [0.717, 1.165) is 25.3 Å². The van der Waals surface area contributed by atoms with Crippen molar-refractivity contribution in [3.8, 4) is 11.3 Å². The van der Waals surface area contributed by atoms with Crippen molar-refractivity contribution in [2.45, 2.75) is 39.2 Å². The Morgan fingerprint density at radius 2 is 2.00 bits per heavy atom. The zero-order valence-electron chi connectivity index (χ0n) is 14.7. The smallest absolute Gasteiger partial charge is 0.336 e. The molecule has 6 nitrogen and oxygen atoms in total. The van der Waals surface area contributed by atoms with Crippen LogP contribution in [0.2, 0.25) is 0 Å². The van der Waals surface area contributed by atoms with Crippen LogP contribution in [0.4, 0.5) is 4.39 Å². The molecule has 1 amide bonds. The van der Waals surface area contributed by atoms with E-state index >= 15 is 0 Å². The molecule has 0 radical (unpaired) electrons. The number of aryl methyl sites for hydroxylation is 1. The van der Waals surface area contributed by atoms with E-state index < -0.39 is 11.8 Å². The largest absolute Gasteiger partial charge is 0.478 e. The summed E-state index contributed by atoms with van der Waals surface area (Å²) < 4.78 is 13.7. The maximum Gasteiger partial charge on any atom is 0.336 e. The van der Waals surface area contributed by atoms with Crippen LogP contribution in [-0.4, -0.2) is 38.4 Å². The zero-order valence-corrected chi connectivity index (χ0v) is 14.7. The molecule has 0 spiro atoms. The van der Waals surface area contributed by atoms with Crippen LogP contribution < -0.4 is 0 Å². The van der Waals surface area contributed by atoms with Crippen LogP contribution in [0.3, 0.4) is 0 Å². The van der Waals surface area contributed by atoms with Gasteiger partial charge in [0.05, 0.1) is 23.0 Å². The second kappa shape index (κ2) is 7.19. The fourth-order valence-corrected chi connectivity index (χ4v) is 3.43. The number of carbonyl (C=O) groups excluding carboxylic acids is 1. The number of aromatic nitrogens is 2. The Labute approximate surface area is 150 Å². The average molecular weight is 357 g/mol. The highest BCUT2D eigenvalue weighted by Crippen LogP contribution is 2.32. The summed E-state index contributed by atoms with van der Waals surface area (Å²) in [6.45, 7) is 3.90. The minimum atomic E-state index is -1.15. The van der Waals surface area contributed by atoms with Crippen molar-refractivity contribution >= 4 is 11.9 Å². The Morgan fingerprint density at radius 1 is 1.23 bits per heavy atom. The van der Waals surface area contributed by atoms with Gasteiger partial charge in [0.15, 0.2) is 0 Å². The van der Waals surface area contributed by atoms with E-state index in [2.05, 4.69) is 9.97 Å². The van der Waals surface area contributed by atoms with Crippen molar-refractivity contribution < 1.29 is 19.1 Å². The van der Waals surface area contributed by atoms with Crippen LogP contribution in [0.1, 0.15) is 54.1 Å². The summed E-state index contributed by atoms with van der Waals surface area (Å²) in [5.41, 5.74) is 1.18. The minimum absolute atomic E-state index is 0.0236. The van der Waals surface area contributed by atoms with Gasteiger partial charge in [-0.3, -0.25) is 4.79 Å². The number of hydrogen-bond donors (Lipinski definition) is 1. The molecule has 0 aliphatic carbocycles. The lowest BCUT2D eigenvalue weighted by molar-refractivity contribution is -0.132. The van der Waals surface area contributed by atoms with Crippen LogP contribution in [0, 0.1) is 12.7 Å². The predicted molar refractivity (Wildman–Crippen MR) is 93.1 cm³/mol. The first-order chi connectivity index (χ1) is 12.4. The van der Waals surface area contributed by atoms with E-state index in [1.54, 1.807) is 17.9 Å². The van der Waals surface area contributed by atoms with E-state index in [9.17, 15) is 19.1 Å². The van der Waals surface area contributed by atoms with Crippen LogP contribution in [-0.2, 0) is 4.79 Å². The normalized spacial score (nSPS) is 17.2. The summed E-state index contributed by atoms with van der Waals surface area (Å²) in [4.78, 5) is 34.0. The molecule has 1 fully saturated rings. The monoisotopic (exact) mass is 357 g/mol. The van der Waals surface area contributed by atoms with Gasteiger partial charge in [-0.1, -0.05) is 0 Å². The number of likely N-dealkylation sites (tertiary alicyclic amines) is 1. The molecule has 1 saturated heterocycles. The van der Waals surface area contributed by atoms with Gasteiger partial charge in [0.1, 0.15) is 11.6 Å². The molecule has 1 aromatic carbocycles. The zero-order chi connectivity index (χ0) is 18.8. The van der Waals surface area contributed by atoms with Crippen molar-refractivity contribution in [1.82, 2.24) is 14.9 Å². The number of amides is 1. The molecule has 1 N–H and O–H groups in total. The van der Waals surface area contributed by atoms with Crippen LogP contribution in [0.15, 0.2) is 24.3 Å². The van der Waals surface area contributed by atoms with Crippen molar-refractivity contribution in [2.24, 2.45) is 0 Å². The van der Waals surface area contributed by atoms with Crippen molar-refractivity contribution in [1.29, 1.82) is 0 Å². The highest BCUT2D eigenvalue weighted by Gasteiger charge is 2.28. The summed E-state index contributed by atoms with van der Waals surface area (Å²) in [5.74, 6) is -1.26. The highest BCUT2D eigenvalue weighted by atomic mass is 19.1. The van der Waals surface area contributed by atoms with Crippen LogP contribution in [0.5, 0.6) is 0 Å². The van der Waals surface area contributed by atoms with Gasteiger partial charge in [-0.25, -0.2) is 19.2 Å². The number of benzene rings is 1. The summed E-state index contributed by atoms with van der Waals surface area (Å²) in [5, 5.41) is 9.40. The number of rotatable bonds is 3. The van der Waals surface area contributed by atoms with E-state index in [0.29, 0.717) is 23.8 Å². The van der Waals surface area contributed by atoms with Crippen molar-refractivity contribution in [3.63, 3.8) is 0 Å². The van der Waals surface area contributed by atoms with Crippen molar-refractivity contribution in [3.05, 3.63) is 47.2 Å². The number of nitrogens with zero attached hydrogens (tertiary/aromatic N) is 3. The van der Waals surface area contributed by atoms with Gasteiger partial charge in [-0.05, 0) is 50.5 Å². The molecule has 136 valence electrons. The third-order valence-corrected chi connectivity index (χ3v) is 4.59. The van der Waals surface area contributed by atoms with Gasteiger partial charge < -0.3 is 10.0 Å². The SMILES string of the molecule is CC(=O)N1CCCCC1c1cc(-c2cc(F)ccc2C(=O)O)nc(C)n1. The lowest BCUT2D eigenvalue weighted by atomic mass is 9.97. The predicted octanol–water partition coefficient (Wildman–Crippen LogP) is 3.36. The van der Waals surface area contributed by atoms with Crippen LogP contribution in [0.25, 0.3) is 11.3 Å². The molecule has 1 atom stereocenters. The Kier molecular flexibility index (Phi) is 4.97. The van der Waals surface area contributed by atoms with Gasteiger partial charge in [-0.2, -0.15) is 0 Å². The fourth-order valence-electron chi connectivity index (χ4n) is 3.43. The minimum Gasteiger partial charge on any atom is -0.478 e. The Bertz CT molecular complexity index is 869. The lowest BCUT2D eigenvalue weighted by Gasteiger charge is -2.34. The van der Waals surface area contributed by atoms with E-state index in [-0.39, 0.29) is 23.1 Å². The molecule has 1 aromatic heterocycles. The Hall–Kier alpha value is -2.83. The van der Waals surface area contributed by atoms with Crippen LogP contribution >= 0.6 is 0 Å². The first kappa shape index (κ1) is 18.0. The highest BCUT2D eigenvalue weighted by molar-refractivity contribution is 5.95. The molecular formula is C19H20FN3O3. The van der Waals surface area contributed by atoms with Gasteiger partial charge in [0.25, 0.3) is 0 Å². The Balaban J connectivity index is 2.11. The summed E-state index contributed by atoms with van der Waals surface area (Å²) in [7, 11) is 0. The number of piperidine rings is 1. The first-order valence-electron chi connectivity index (χ1n) is 8.53. The molecule has 0 bridgehead atoms. The molecule has 2 heterocycles.